The van der Waals surface area contributed by atoms with Crippen molar-refractivity contribution in [2.75, 3.05) is 30.0 Å². The minimum absolute atomic E-state index is 0.235. The van der Waals surface area contributed by atoms with E-state index in [9.17, 15) is 4.79 Å². The van der Waals surface area contributed by atoms with Crippen LogP contribution in [0.25, 0.3) is 5.65 Å². The van der Waals surface area contributed by atoms with E-state index in [0.717, 1.165) is 41.7 Å². The number of hydrogen-bond acceptors (Lipinski definition) is 7. The van der Waals surface area contributed by atoms with E-state index in [0.29, 0.717) is 30.5 Å². The number of rotatable bonds is 9. The SMILES string of the molecule is C=CC(=O)Nc1cccc(CNc2nc(NC3CCC(N(C)C)CC3)nc3c(CC)cnn23)c1. The van der Waals surface area contributed by atoms with Crippen molar-refractivity contribution in [2.45, 2.75) is 57.7 Å². The molecule has 1 fully saturated rings. The Kier molecular flexibility index (Phi) is 7.42. The van der Waals surface area contributed by atoms with Crippen LogP contribution in [0.4, 0.5) is 17.6 Å². The second-order valence-electron chi connectivity index (χ2n) is 8.99. The Labute approximate surface area is 200 Å². The Morgan fingerprint density at radius 3 is 2.74 bits per heavy atom. The summed E-state index contributed by atoms with van der Waals surface area (Å²) in [6.07, 6.45) is 8.50. The molecule has 180 valence electrons. The number of hydrogen-bond donors (Lipinski definition) is 3. The Balaban J connectivity index is 1.52. The molecule has 1 aliphatic carbocycles. The van der Waals surface area contributed by atoms with Crippen LogP contribution in [0.15, 0.2) is 43.1 Å². The Hall–Kier alpha value is -3.46. The quantitative estimate of drug-likeness (QED) is 0.417. The molecule has 1 aromatic carbocycles. The molecule has 1 aliphatic rings. The summed E-state index contributed by atoms with van der Waals surface area (Å²) in [6.45, 7) is 6.13. The molecule has 0 bridgehead atoms. The van der Waals surface area contributed by atoms with Crippen LogP contribution in [0.2, 0.25) is 0 Å². The third-order valence-electron chi connectivity index (χ3n) is 6.41. The average Bonchev–Trinajstić information content (AvgIpc) is 3.26. The number of amides is 1. The summed E-state index contributed by atoms with van der Waals surface area (Å²) < 4.78 is 1.76. The molecule has 0 spiro atoms. The molecule has 0 unspecified atom stereocenters. The summed E-state index contributed by atoms with van der Waals surface area (Å²) in [5.41, 5.74) is 3.63. The van der Waals surface area contributed by atoms with Gasteiger partial charge in [-0.15, -0.1) is 0 Å². The van der Waals surface area contributed by atoms with Gasteiger partial charge < -0.3 is 20.9 Å². The standard InChI is InChI=1S/C25H34N8O/c1-5-18-16-27-33-23(18)30-24(29-19-10-12-21(13-11-19)32(3)4)31-25(33)26-15-17-8-7-9-20(14-17)28-22(34)6-2/h6-9,14,16,19,21H,2,5,10-13,15H2,1,3-4H3,(H,28,34)(H2,26,29,30,31). The lowest BCUT2D eigenvalue weighted by atomic mass is 9.91. The lowest BCUT2D eigenvalue weighted by Crippen LogP contribution is -2.36. The van der Waals surface area contributed by atoms with Gasteiger partial charge in [-0.2, -0.15) is 19.6 Å². The monoisotopic (exact) mass is 462 g/mol. The van der Waals surface area contributed by atoms with Crippen molar-refractivity contribution in [1.29, 1.82) is 0 Å². The third kappa shape index (κ3) is 5.53. The molecule has 4 rings (SSSR count). The lowest BCUT2D eigenvalue weighted by molar-refractivity contribution is -0.111. The fourth-order valence-electron chi connectivity index (χ4n) is 4.40. The van der Waals surface area contributed by atoms with E-state index in [1.165, 1.54) is 18.9 Å². The van der Waals surface area contributed by atoms with Crippen molar-refractivity contribution in [2.24, 2.45) is 0 Å². The first-order valence-electron chi connectivity index (χ1n) is 11.9. The molecular formula is C25H34N8O. The van der Waals surface area contributed by atoms with Gasteiger partial charge in [-0.3, -0.25) is 4.79 Å². The smallest absolute Gasteiger partial charge is 0.247 e. The van der Waals surface area contributed by atoms with Gasteiger partial charge in [0.25, 0.3) is 0 Å². The second kappa shape index (κ2) is 10.6. The highest BCUT2D eigenvalue weighted by molar-refractivity contribution is 5.98. The number of aromatic nitrogens is 4. The fraction of sp³-hybridized carbons (Fsp3) is 0.440. The van der Waals surface area contributed by atoms with Gasteiger partial charge in [0.05, 0.1) is 6.20 Å². The summed E-state index contributed by atoms with van der Waals surface area (Å²) in [6, 6.07) is 8.69. The molecule has 0 aliphatic heterocycles. The molecule has 1 amide bonds. The van der Waals surface area contributed by atoms with Crippen LogP contribution < -0.4 is 16.0 Å². The normalized spacial score (nSPS) is 18.1. The number of carbonyl (C=O) groups excluding carboxylic acids is 1. The molecule has 2 heterocycles. The Morgan fingerprint density at radius 2 is 2.03 bits per heavy atom. The summed E-state index contributed by atoms with van der Waals surface area (Å²) in [7, 11) is 4.31. The molecule has 0 saturated heterocycles. The summed E-state index contributed by atoms with van der Waals surface area (Å²) >= 11 is 0. The highest BCUT2D eigenvalue weighted by Gasteiger charge is 2.23. The zero-order valence-corrected chi connectivity index (χ0v) is 20.2. The van der Waals surface area contributed by atoms with E-state index in [-0.39, 0.29) is 5.91 Å². The first-order valence-corrected chi connectivity index (χ1v) is 11.9. The maximum absolute atomic E-state index is 11.6. The number of anilines is 3. The highest BCUT2D eigenvalue weighted by atomic mass is 16.1. The van der Waals surface area contributed by atoms with Crippen molar-refractivity contribution in [1.82, 2.24) is 24.5 Å². The van der Waals surface area contributed by atoms with Crippen LogP contribution in [0.3, 0.4) is 0 Å². The number of aryl methyl sites for hydroxylation is 1. The van der Waals surface area contributed by atoms with Crippen LogP contribution in [0, 0.1) is 0 Å². The summed E-state index contributed by atoms with van der Waals surface area (Å²) in [5.74, 6) is 1.03. The topological polar surface area (TPSA) is 99.5 Å². The minimum atomic E-state index is -0.235. The zero-order valence-electron chi connectivity index (χ0n) is 20.2. The van der Waals surface area contributed by atoms with E-state index in [4.69, 9.17) is 9.97 Å². The van der Waals surface area contributed by atoms with Crippen LogP contribution in [0.5, 0.6) is 0 Å². The molecule has 34 heavy (non-hydrogen) atoms. The van der Waals surface area contributed by atoms with Gasteiger partial charge in [-0.1, -0.05) is 25.6 Å². The Bertz CT molecular complexity index is 1150. The fourth-order valence-corrected chi connectivity index (χ4v) is 4.40. The number of carbonyl (C=O) groups is 1. The van der Waals surface area contributed by atoms with Crippen molar-refractivity contribution in [3.63, 3.8) is 0 Å². The van der Waals surface area contributed by atoms with Crippen molar-refractivity contribution < 1.29 is 4.79 Å². The maximum Gasteiger partial charge on any atom is 0.247 e. The molecule has 3 N–H and O–H groups in total. The first kappa shape index (κ1) is 23.7. The predicted molar refractivity (Wildman–Crippen MR) is 136 cm³/mol. The van der Waals surface area contributed by atoms with Gasteiger partial charge in [-0.25, -0.2) is 0 Å². The van der Waals surface area contributed by atoms with E-state index in [1.54, 1.807) is 4.52 Å². The highest BCUT2D eigenvalue weighted by Crippen LogP contribution is 2.25. The number of benzene rings is 1. The number of fused-ring (bicyclic) bond motifs is 1. The molecular weight excluding hydrogens is 428 g/mol. The van der Waals surface area contributed by atoms with Crippen LogP contribution in [-0.2, 0) is 17.8 Å². The molecule has 3 aromatic rings. The molecule has 9 heteroatoms. The van der Waals surface area contributed by atoms with E-state index < -0.39 is 0 Å². The molecule has 2 aromatic heterocycles. The predicted octanol–water partition coefficient (Wildman–Crippen LogP) is 3.71. The van der Waals surface area contributed by atoms with Crippen molar-refractivity contribution >= 4 is 29.1 Å². The number of nitrogens with zero attached hydrogens (tertiary/aromatic N) is 5. The molecule has 0 atom stereocenters. The van der Waals surface area contributed by atoms with E-state index >= 15 is 0 Å². The van der Waals surface area contributed by atoms with Gasteiger partial charge >= 0.3 is 0 Å². The van der Waals surface area contributed by atoms with Crippen molar-refractivity contribution in [3.8, 4) is 0 Å². The van der Waals surface area contributed by atoms with Crippen LogP contribution >= 0.6 is 0 Å². The van der Waals surface area contributed by atoms with E-state index in [2.05, 4.69) is 53.5 Å². The maximum atomic E-state index is 11.6. The molecule has 9 nitrogen and oxygen atoms in total. The minimum Gasteiger partial charge on any atom is -0.351 e. The van der Waals surface area contributed by atoms with E-state index in [1.807, 2.05) is 30.5 Å². The van der Waals surface area contributed by atoms with Gasteiger partial charge in [0.2, 0.25) is 17.8 Å². The number of nitrogens with one attached hydrogen (secondary N) is 3. The van der Waals surface area contributed by atoms with Crippen molar-refractivity contribution in [3.05, 3.63) is 54.2 Å². The largest absolute Gasteiger partial charge is 0.351 e. The zero-order chi connectivity index (χ0) is 24.1. The molecule has 0 radical (unpaired) electrons. The average molecular weight is 463 g/mol. The summed E-state index contributed by atoms with van der Waals surface area (Å²) in [5, 5.41) is 14.3. The Morgan fingerprint density at radius 1 is 1.24 bits per heavy atom. The lowest BCUT2D eigenvalue weighted by Gasteiger charge is -2.33. The van der Waals surface area contributed by atoms with Gasteiger partial charge in [0.1, 0.15) is 0 Å². The van der Waals surface area contributed by atoms with Gasteiger partial charge in [0.15, 0.2) is 5.65 Å². The third-order valence-corrected chi connectivity index (χ3v) is 6.41. The second-order valence-corrected chi connectivity index (χ2v) is 8.99. The van der Waals surface area contributed by atoms with Gasteiger partial charge in [0, 0.05) is 29.9 Å². The first-order chi connectivity index (χ1) is 16.5. The van der Waals surface area contributed by atoms with Crippen LogP contribution in [-0.4, -0.2) is 56.6 Å². The van der Waals surface area contributed by atoms with Gasteiger partial charge in [-0.05, 0) is 70.0 Å². The molecule has 1 saturated carbocycles. The van der Waals surface area contributed by atoms with Crippen LogP contribution in [0.1, 0.15) is 43.7 Å². The summed E-state index contributed by atoms with van der Waals surface area (Å²) in [4.78, 5) is 23.5.